The van der Waals surface area contributed by atoms with Gasteiger partial charge >= 0.3 is 5.97 Å². The Labute approximate surface area is 172 Å². The number of hydrogen-bond acceptors (Lipinski definition) is 4. The molecule has 156 valence electrons. The molecule has 0 unspecified atom stereocenters. The number of carbonyl (C=O) groups excluding carboxylic acids is 2. The maximum atomic E-state index is 13.3. The normalized spacial score (nSPS) is 19.0. The molecule has 0 bridgehead atoms. The van der Waals surface area contributed by atoms with Crippen LogP contribution >= 0.6 is 0 Å². The first-order valence-electron chi connectivity index (χ1n) is 10.6. The molecule has 3 rings (SSSR count). The maximum absolute atomic E-state index is 13.3. The van der Waals surface area contributed by atoms with Crippen LogP contribution in [0.25, 0.3) is 0 Å². The molecule has 29 heavy (non-hydrogen) atoms. The molecular weight excluding hydrogens is 366 g/mol. The van der Waals surface area contributed by atoms with Crippen LogP contribution in [0, 0.1) is 11.8 Å². The lowest BCUT2D eigenvalue weighted by Crippen LogP contribution is -2.38. The number of carbonyl (C=O) groups is 2. The van der Waals surface area contributed by atoms with Crippen molar-refractivity contribution in [2.45, 2.75) is 53.0 Å². The SMILES string of the molecule is CCOC(=O)c1cn(Cc2ccccc2)nc1N(CC)C(=O)C1CCC(C)CC1. The molecule has 1 aromatic heterocycles. The zero-order chi connectivity index (χ0) is 20.8. The van der Waals surface area contributed by atoms with Gasteiger partial charge in [0.15, 0.2) is 5.82 Å². The Morgan fingerprint density at radius 3 is 2.45 bits per heavy atom. The van der Waals surface area contributed by atoms with Gasteiger partial charge in [0.05, 0.1) is 13.2 Å². The number of rotatable bonds is 7. The number of benzene rings is 1. The fourth-order valence-corrected chi connectivity index (χ4v) is 3.95. The lowest BCUT2D eigenvalue weighted by molar-refractivity contribution is -0.123. The summed E-state index contributed by atoms with van der Waals surface area (Å²) in [6.45, 7) is 7.22. The molecule has 1 saturated carbocycles. The van der Waals surface area contributed by atoms with Crippen LogP contribution in [0.5, 0.6) is 0 Å². The lowest BCUT2D eigenvalue weighted by atomic mass is 9.82. The predicted molar refractivity (Wildman–Crippen MR) is 113 cm³/mol. The standard InChI is InChI=1S/C23H31N3O3/c1-4-26(22(27)19-13-11-17(3)12-14-19)21-20(23(28)29-5-2)16-25(24-21)15-18-9-7-6-8-10-18/h6-10,16-17,19H,4-5,11-15H2,1-3H3. The molecule has 0 atom stereocenters. The van der Waals surface area contributed by atoms with Gasteiger partial charge in [0.25, 0.3) is 0 Å². The Bertz CT molecular complexity index is 823. The summed E-state index contributed by atoms with van der Waals surface area (Å²) in [5.74, 6) is 0.709. The third kappa shape index (κ3) is 5.05. The summed E-state index contributed by atoms with van der Waals surface area (Å²) in [5.41, 5.74) is 1.43. The van der Waals surface area contributed by atoms with Gasteiger partial charge in [0.1, 0.15) is 5.56 Å². The summed E-state index contributed by atoms with van der Waals surface area (Å²) in [6.07, 6.45) is 5.63. The van der Waals surface area contributed by atoms with E-state index in [1.165, 1.54) is 0 Å². The van der Waals surface area contributed by atoms with Crippen molar-refractivity contribution >= 4 is 17.7 Å². The minimum absolute atomic E-state index is 0.000434. The molecule has 1 aliphatic carbocycles. The molecule has 0 aliphatic heterocycles. The van der Waals surface area contributed by atoms with Crippen molar-refractivity contribution in [2.75, 3.05) is 18.1 Å². The van der Waals surface area contributed by atoms with E-state index in [1.54, 1.807) is 22.7 Å². The lowest BCUT2D eigenvalue weighted by Gasteiger charge is -2.29. The molecule has 2 aromatic rings. The number of hydrogen-bond donors (Lipinski definition) is 0. The molecule has 1 fully saturated rings. The zero-order valence-electron chi connectivity index (χ0n) is 17.6. The molecule has 0 spiro atoms. The second-order valence-corrected chi connectivity index (χ2v) is 7.81. The Balaban J connectivity index is 1.89. The van der Waals surface area contributed by atoms with Crippen LogP contribution < -0.4 is 4.90 Å². The topological polar surface area (TPSA) is 64.4 Å². The van der Waals surface area contributed by atoms with Gasteiger partial charge in [0.2, 0.25) is 5.91 Å². The van der Waals surface area contributed by atoms with Gasteiger partial charge in [-0.05, 0) is 51.0 Å². The van der Waals surface area contributed by atoms with E-state index in [9.17, 15) is 9.59 Å². The minimum Gasteiger partial charge on any atom is -0.462 e. The van der Waals surface area contributed by atoms with Crippen LogP contribution in [0.3, 0.4) is 0 Å². The summed E-state index contributed by atoms with van der Waals surface area (Å²) in [6, 6.07) is 9.93. The van der Waals surface area contributed by atoms with Crippen molar-refractivity contribution in [1.82, 2.24) is 9.78 Å². The van der Waals surface area contributed by atoms with E-state index in [4.69, 9.17) is 4.74 Å². The Morgan fingerprint density at radius 1 is 1.14 bits per heavy atom. The highest BCUT2D eigenvalue weighted by Gasteiger charge is 2.32. The highest BCUT2D eigenvalue weighted by molar-refractivity contribution is 6.02. The molecule has 1 heterocycles. The summed E-state index contributed by atoms with van der Waals surface area (Å²) in [4.78, 5) is 27.5. The van der Waals surface area contributed by atoms with Gasteiger partial charge < -0.3 is 4.74 Å². The van der Waals surface area contributed by atoms with Crippen molar-refractivity contribution in [1.29, 1.82) is 0 Å². The summed E-state index contributed by atoms with van der Waals surface area (Å²) < 4.78 is 6.95. The fourth-order valence-electron chi connectivity index (χ4n) is 3.95. The van der Waals surface area contributed by atoms with Gasteiger partial charge in [-0.3, -0.25) is 14.4 Å². The van der Waals surface area contributed by atoms with Crippen LogP contribution in [0.1, 0.15) is 62.4 Å². The van der Waals surface area contributed by atoms with Gasteiger partial charge in [-0.25, -0.2) is 4.79 Å². The van der Waals surface area contributed by atoms with E-state index in [2.05, 4.69) is 12.0 Å². The molecular formula is C23H31N3O3. The average molecular weight is 398 g/mol. The van der Waals surface area contributed by atoms with Crippen molar-refractivity contribution < 1.29 is 14.3 Å². The van der Waals surface area contributed by atoms with Crippen LogP contribution in [0.4, 0.5) is 5.82 Å². The fraction of sp³-hybridized carbons (Fsp3) is 0.522. The van der Waals surface area contributed by atoms with E-state index in [0.717, 1.165) is 31.2 Å². The number of nitrogens with zero attached hydrogens (tertiary/aromatic N) is 3. The van der Waals surface area contributed by atoms with Crippen molar-refractivity contribution in [3.63, 3.8) is 0 Å². The zero-order valence-corrected chi connectivity index (χ0v) is 17.6. The second kappa shape index (κ2) is 9.72. The van der Waals surface area contributed by atoms with E-state index in [0.29, 0.717) is 30.4 Å². The first-order valence-corrected chi connectivity index (χ1v) is 10.6. The molecule has 1 aliphatic rings. The molecule has 6 heteroatoms. The third-order valence-corrected chi connectivity index (χ3v) is 5.63. The van der Waals surface area contributed by atoms with E-state index in [1.807, 2.05) is 37.3 Å². The van der Waals surface area contributed by atoms with E-state index in [-0.39, 0.29) is 18.4 Å². The van der Waals surface area contributed by atoms with Crippen LogP contribution in [0.15, 0.2) is 36.5 Å². The first kappa shape index (κ1) is 21.1. The number of esters is 1. The van der Waals surface area contributed by atoms with Crippen LogP contribution in [0.2, 0.25) is 0 Å². The van der Waals surface area contributed by atoms with Gasteiger partial charge in [-0.15, -0.1) is 0 Å². The first-order chi connectivity index (χ1) is 14.0. The largest absolute Gasteiger partial charge is 0.462 e. The summed E-state index contributed by atoms with van der Waals surface area (Å²) in [5, 5.41) is 4.63. The number of aromatic nitrogens is 2. The molecule has 1 amide bonds. The summed E-state index contributed by atoms with van der Waals surface area (Å²) >= 11 is 0. The molecule has 0 radical (unpaired) electrons. The highest BCUT2D eigenvalue weighted by Crippen LogP contribution is 2.31. The maximum Gasteiger partial charge on any atom is 0.343 e. The van der Waals surface area contributed by atoms with Gasteiger partial charge in [-0.2, -0.15) is 5.10 Å². The average Bonchev–Trinajstić information content (AvgIpc) is 3.13. The van der Waals surface area contributed by atoms with E-state index >= 15 is 0 Å². The van der Waals surface area contributed by atoms with E-state index < -0.39 is 5.97 Å². The van der Waals surface area contributed by atoms with Crippen molar-refractivity contribution in [3.8, 4) is 0 Å². The Hall–Kier alpha value is -2.63. The Morgan fingerprint density at radius 2 is 1.83 bits per heavy atom. The molecule has 1 aromatic carbocycles. The van der Waals surface area contributed by atoms with Crippen LogP contribution in [-0.4, -0.2) is 34.8 Å². The number of ether oxygens (including phenoxy) is 1. The Kier molecular flexibility index (Phi) is 7.07. The summed E-state index contributed by atoms with van der Waals surface area (Å²) in [7, 11) is 0. The van der Waals surface area contributed by atoms with Crippen molar-refractivity contribution in [2.24, 2.45) is 11.8 Å². The smallest absolute Gasteiger partial charge is 0.343 e. The number of amides is 1. The second-order valence-electron chi connectivity index (χ2n) is 7.81. The number of anilines is 1. The molecule has 6 nitrogen and oxygen atoms in total. The quantitative estimate of drug-likeness (QED) is 0.654. The molecule has 0 saturated heterocycles. The molecule has 0 N–H and O–H groups in total. The van der Waals surface area contributed by atoms with Gasteiger partial charge in [-0.1, -0.05) is 37.3 Å². The van der Waals surface area contributed by atoms with Crippen LogP contribution in [-0.2, 0) is 16.1 Å². The van der Waals surface area contributed by atoms with Crippen molar-refractivity contribution in [3.05, 3.63) is 47.7 Å². The predicted octanol–water partition coefficient (Wildman–Crippen LogP) is 4.29. The minimum atomic E-state index is -0.440. The monoisotopic (exact) mass is 397 g/mol. The third-order valence-electron chi connectivity index (χ3n) is 5.63. The van der Waals surface area contributed by atoms with Gasteiger partial charge in [0, 0.05) is 18.7 Å². The highest BCUT2D eigenvalue weighted by atomic mass is 16.5.